The Hall–Kier alpha value is -1.37. The molecule has 0 saturated heterocycles. The van der Waals surface area contributed by atoms with E-state index in [2.05, 4.69) is 6.07 Å². The van der Waals surface area contributed by atoms with Gasteiger partial charge in [0.25, 0.3) is 0 Å². The third kappa shape index (κ3) is 2.41. The van der Waals surface area contributed by atoms with Crippen LogP contribution in [0.5, 0.6) is 0 Å². The Balaban J connectivity index is 1.79. The largest absolute Gasteiger partial charge is 0.376 e. The Morgan fingerprint density at radius 3 is 2.62 bits per heavy atom. The van der Waals surface area contributed by atoms with Crippen LogP contribution in [-0.4, -0.2) is 12.6 Å². The highest BCUT2D eigenvalue weighted by Gasteiger charge is 2.48. The predicted molar refractivity (Wildman–Crippen MR) is 61.4 cm³/mol. The molecule has 1 aromatic rings. The fraction of sp³-hybridized carbons (Fsp3) is 0.462. The van der Waals surface area contributed by atoms with Crippen LogP contribution < -0.4 is 5.73 Å². The SMILES string of the molecule is N#CC(N)C1(COCc2ccccc2)CC1. The van der Waals surface area contributed by atoms with E-state index in [1.807, 2.05) is 30.3 Å². The zero-order valence-corrected chi connectivity index (χ0v) is 9.23. The van der Waals surface area contributed by atoms with E-state index in [0.29, 0.717) is 13.2 Å². The van der Waals surface area contributed by atoms with Gasteiger partial charge in [-0.25, -0.2) is 0 Å². The number of hydrogen-bond donors (Lipinski definition) is 1. The normalized spacial score (nSPS) is 18.8. The molecule has 1 fully saturated rings. The highest BCUT2D eigenvalue weighted by molar-refractivity contribution is 5.14. The van der Waals surface area contributed by atoms with Crippen LogP contribution in [0, 0.1) is 16.7 Å². The van der Waals surface area contributed by atoms with Crippen molar-refractivity contribution in [2.75, 3.05) is 6.61 Å². The summed E-state index contributed by atoms with van der Waals surface area (Å²) in [5, 5.41) is 8.80. The molecule has 1 aliphatic rings. The van der Waals surface area contributed by atoms with E-state index in [0.717, 1.165) is 18.4 Å². The predicted octanol–water partition coefficient (Wildman–Crippen LogP) is 1.83. The Morgan fingerprint density at radius 1 is 1.38 bits per heavy atom. The highest BCUT2D eigenvalue weighted by atomic mass is 16.5. The van der Waals surface area contributed by atoms with Gasteiger partial charge >= 0.3 is 0 Å². The third-order valence-electron chi connectivity index (χ3n) is 3.19. The van der Waals surface area contributed by atoms with E-state index in [-0.39, 0.29) is 11.5 Å². The molecule has 0 spiro atoms. The number of rotatable bonds is 5. The van der Waals surface area contributed by atoms with Crippen molar-refractivity contribution < 1.29 is 4.74 Å². The Labute approximate surface area is 95.8 Å². The first-order valence-electron chi connectivity index (χ1n) is 5.54. The van der Waals surface area contributed by atoms with Crippen LogP contribution in [0.4, 0.5) is 0 Å². The van der Waals surface area contributed by atoms with Gasteiger partial charge in [0, 0.05) is 5.41 Å². The molecular formula is C13H16N2O. The molecule has 84 valence electrons. The van der Waals surface area contributed by atoms with Gasteiger partial charge in [0.1, 0.15) is 6.04 Å². The molecule has 0 aliphatic heterocycles. The summed E-state index contributed by atoms with van der Waals surface area (Å²) in [6.45, 7) is 1.19. The van der Waals surface area contributed by atoms with Crippen molar-refractivity contribution in [3.63, 3.8) is 0 Å². The molecule has 3 nitrogen and oxygen atoms in total. The lowest BCUT2D eigenvalue weighted by Gasteiger charge is -2.17. The number of benzene rings is 1. The van der Waals surface area contributed by atoms with Crippen molar-refractivity contribution in [1.82, 2.24) is 0 Å². The molecule has 0 aromatic heterocycles. The van der Waals surface area contributed by atoms with Crippen LogP contribution in [-0.2, 0) is 11.3 Å². The van der Waals surface area contributed by atoms with Gasteiger partial charge < -0.3 is 10.5 Å². The van der Waals surface area contributed by atoms with Crippen molar-refractivity contribution in [2.24, 2.45) is 11.1 Å². The van der Waals surface area contributed by atoms with Gasteiger partial charge in [-0.2, -0.15) is 5.26 Å². The molecule has 0 bridgehead atoms. The summed E-state index contributed by atoms with van der Waals surface area (Å²) in [5.74, 6) is 0. The molecule has 1 aromatic carbocycles. The smallest absolute Gasteiger partial charge is 0.101 e. The first kappa shape index (κ1) is 11.1. The minimum atomic E-state index is -0.386. The average molecular weight is 216 g/mol. The van der Waals surface area contributed by atoms with Crippen molar-refractivity contribution in [3.05, 3.63) is 35.9 Å². The van der Waals surface area contributed by atoms with Crippen LogP contribution in [0.25, 0.3) is 0 Å². The Bertz CT molecular complexity index is 379. The molecular weight excluding hydrogens is 200 g/mol. The highest BCUT2D eigenvalue weighted by Crippen LogP contribution is 2.48. The summed E-state index contributed by atoms with van der Waals surface area (Å²) in [6.07, 6.45) is 2.02. The zero-order chi connectivity index (χ0) is 11.4. The maximum absolute atomic E-state index is 8.80. The van der Waals surface area contributed by atoms with Crippen LogP contribution in [0.2, 0.25) is 0 Å². The number of nitriles is 1. The number of hydrogen-bond acceptors (Lipinski definition) is 3. The number of ether oxygens (including phenoxy) is 1. The second-order valence-corrected chi connectivity index (χ2v) is 4.45. The molecule has 0 amide bonds. The van der Waals surface area contributed by atoms with Gasteiger partial charge in [-0.3, -0.25) is 0 Å². The molecule has 1 unspecified atom stereocenters. The molecule has 1 saturated carbocycles. The minimum Gasteiger partial charge on any atom is -0.376 e. The fourth-order valence-electron chi connectivity index (χ4n) is 1.79. The van der Waals surface area contributed by atoms with Crippen LogP contribution in [0.3, 0.4) is 0 Å². The van der Waals surface area contributed by atoms with Gasteiger partial charge in [0.05, 0.1) is 19.3 Å². The zero-order valence-electron chi connectivity index (χ0n) is 9.23. The van der Waals surface area contributed by atoms with Crippen molar-refractivity contribution in [3.8, 4) is 6.07 Å². The van der Waals surface area contributed by atoms with E-state index < -0.39 is 0 Å². The Kier molecular flexibility index (Phi) is 3.23. The summed E-state index contributed by atoms with van der Waals surface area (Å²) in [7, 11) is 0. The molecule has 16 heavy (non-hydrogen) atoms. The van der Waals surface area contributed by atoms with Gasteiger partial charge in [-0.1, -0.05) is 30.3 Å². The van der Waals surface area contributed by atoms with E-state index in [1.165, 1.54) is 0 Å². The quantitative estimate of drug-likeness (QED) is 0.817. The number of nitrogens with zero attached hydrogens (tertiary/aromatic N) is 1. The lowest BCUT2D eigenvalue weighted by Crippen LogP contribution is -2.33. The standard InChI is InChI=1S/C13H16N2O/c14-8-12(15)13(6-7-13)10-16-9-11-4-2-1-3-5-11/h1-5,12H,6-7,9-10,15H2. The summed E-state index contributed by atoms with van der Waals surface area (Å²) in [6, 6.07) is 11.8. The maximum Gasteiger partial charge on any atom is 0.101 e. The summed E-state index contributed by atoms with van der Waals surface area (Å²) in [4.78, 5) is 0. The van der Waals surface area contributed by atoms with Crippen LogP contribution >= 0.6 is 0 Å². The van der Waals surface area contributed by atoms with Crippen molar-refractivity contribution in [1.29, 1.82) is 5.26 Å². The van der Waals surface area contributed by atoms with Crippen molar-refractivity contribution in [2.45, 2.75) is 25.5 Å². The fourth-order valence-corrected chi connectivity index (χ4v) is 1.79. The van der Waals surface area contributed by atoms with Crippen molar-refractivity contribution >= 4 is 0 Å². The molecule has 1 aliphatic carbocycles. The van der Waals surface area contributed by atoms with E-state index in [1.54, 1.807) is 0 Å². The topological polar surface area (TPSA) is 59.0 Å². The summed E-state index contributed by atoms with van der Waals surface area (Å²) in [5.41, 5.74) is 6.84. The third-order valence-corrected chi connectivity index (χ3v) is 3.19. The van der Waals surface area contributed by atoms with E-state index >= 15 is 0 Å². The van der Waals surface area contributed by atoms with Gasteiger partial charge in [-0.15, -0.1) is 0 Å². The average Bonchev–Trinajstić information content (AvgIpc) is 3.11. The van der Waals surface area contributed by atoms with Gasteiger partial charge in [0.2, 0.25) is 0 Å². The molecule has 0 radical (unpaired) electrons. The molecule has 0 heterocycles. The Morgan fingerprint density at radius 2 is 2.06 bits per heavy atom. The summed E-state index contributed by atoms with van der Waals surface area (Å²) < 4.78 is 5.64. The first-order valence-corrected chi connectivity index (χ1v) is 5.54. The second kappa shape index (κ2) is 4.65. The van der Waals surface area contributed by atoms with Gasteiger partial charge in [-0.05, 0) is 18.4 Å². The summed E-state index contributed by atoms with van der Waals surface area (Å²) >= 11 is 0. The molecule has 2 rings (SSSR count). The lowest BCUT2D eigenvalue weighted by molar-refractivity contribution is 0.0742. The van der Waals surface area contributed by atoms with Gasteiger partial charge in [0.15, 0.2) is 0 Å². The minimum absolute atomic E-state index is 0.0659. The first-order chi connectivity index (χ1) is 7.77. The monoisotopic (exact) mass is 216 g/mol. The second-order valence-electron chi connectivity index (χ2n) is 4.45. The molecule has 1 atom stereocenters. The number of nitrogens with two attached hydrogens (primary N) is 1. The van der Waals surface area contributed by atoms with E-state index in [4.69, 9.17) is 15.7 Å². The molecule has 3 heteroatoms. The molecule has 2 N–H and O–H groups in total. The van der Waals surface area contributed by atoms with E-state index in [9.17, 15) is 0 Å². The lowest BCUT2D eigenvalue weighted by atomic mass is 10.00. The maximum atomic E-state index is 8.80. The van der Waals surface area contributed by atoms with Crippen LogP contribution in [0.15, 0.2) is 30.3 Å². The van der Waals surface area contributed by atoms with Crippen LogP contribution in [0.1, 0.15) is 18.4 Å².